The van der Waals surface area contributed by atoms with Gasteiger partial charge in [-0.3, -0.25) is 0 Å². The number of benzene rings is 2. The van der Waals surface area contributed by atoms with Crippen LogP contribution in [-0.2, 0) is 17.8 Å². The Morgan fingerprint density at radius 3 is 2.04 bits per heavy atom. The molecule has 4 rings (SSSR count). The molecule has 2 aromatic rings. The SMILES string of the molecule is O=C(OCc1ccccc1)N1C[C@H]2C[C@@H](Cc3ccccc3)C[C@H]2C1. The van der Waals surface area contributed by atoms with Crippen LogP contribution in [0.4, 0.5) is 4.79 Å². The Hall–Kier alpha value is -2.29. The van der Waals surface area contributed by atoms with Gasteiger partial charge in [0.1, 0.15) is 6.61 Å². The van der Waals surface area contributed by atoms with Crippen molar-refractivity contribution in [2.24, 2.45) is 17.8 Å². The fourth-order valence-electron chi connectivity index (χ4n) is 4.50. The Morgan fingerprint density at radius 1 is 0.880 bits per heavy atom. The summed E-state index contributed by atoms with van der Waals surface area (Å²) in [6, 6.07) is 20.6. The maximum atomic E-state index is 12.3. The number of amides is 1. The topological polar surface area (TPSA) is 29.5 Å². The number of likely N-dealkylation sites (tertiary alicyclic amines) is 1. The summed E-state index contributed by atoms with van der Waals surface area (Å²) in [5.41, 5.74) is 2.48. The molecule has 3 nitrogen and oxygen atoms in total. The van der Waals surface area contributed by atoms with Gasteiger partial charge in [0.2, 0.25) is 0 Å². The van der Waals surface area contributed by atoms with Crippen LogP contribution in [0.2, 0.25) is 0 Å². The Labute approximate surface area is 149 Å². The Balaban J connectivity index is 1.25. The highest BCUT2D eigenvalue weighted by Crippen LogP contribution is 2.42. The molecule has 1 aliphatic heterocycles. The monoisotopic (exact) mass is 335 g/mol. The summed E-state index contributed by atoms with van der Waals surface area (Å²) in [5, 5.41) is 0. The first-order chi connectivity index (χ1) is 12.3. The number of nitrogens with zero attached hydrogens (tertiary/aromatic N) is 1. The van der Waals surface area contributed by atoms with E-state index in [9.17, 15) is 4.79 Å². The number of hydrogen-bond donors (Lipinski definition) is 0. The second kappa shape index (κ2) is 7.30. The second-order valence-corrected chi connectivity index (χ2v) is 7.49. The van der Waals surface area contributed by atoms with Crippen LogP contribution in [0, 0.1) is 17.8 Å². The van der Waals surface area contributed by atoms with Crippen molar-refractivity contribution in [1.82, 2.24) is 4.90 Å². The number of fused-ring (bicyclic) bond motifs is 1. The molecule has 1 amide bonds. The van der Waals surface area contributed by atoms with Crippen molar-refractivity contribution in [1.29, 1.82) is 0 Å². The third kappa shape index (κ3) is 3.87. The molecule has 1 aliphatic carbocycles. The largest absolute Gasteiger partial charge is 0.445 e. The minimum absolute atomic E-state index is 0.155. The highest BCUT2D eigenvalue weighted by molar-refractivity contribution is 5.68. The highest BCUT2D eigenvalue weighted by Gasteiger charge is 2.42. The summed E-state index contributed by atoms with van der Waals surface area (Å²) in [6.07, 6.45) is 3.49. The van der Waals surface area contributed by atoms with Gasteiger partial charge in [0.05, 0.1) is 0 Å². The molecule has 0 aromatic heterocycles. The van der Waals surface area contributed by atoms with Gasteiger partial charge in [0, 0.05) is 13.1 Å². The maximum absolute atomic E-state index is 12.3. The quantitative estimate of drug-likeness (QED) is 0.822. The molecule has 25 heavy (non-hydrogen) atoms. The number of hydrogen-bond acceptors (Lipinski definition) is 2. The highest BCUT2D eigenvalue weighted by atomic mass is 16.6. The predicted octanol–water partition coefficient (Wildman–Crippen LogP) is 4.52. The van der Waals surface area contributed by atoms with Crippen LogP contribution >= 0.6 is 0 Å². The van der Waals surface area contributed by atoms with Gasteiger partial charge in [-0.25, -0.2) is 4.79 Å². The van der Waals surface area contributed by atoms with Crippen LogP contribution in [-0.4, -0.2) is 24.1 Å². The lowest BCUT2D eigenvalue weighted by Gasteiger charge is -2.19. The summed E-state index contributed by atoms with van der Waals surface area (Å²) < 4.78 is 5.49. The van der Waals surface area contributed by atoms with Gasteiger partial charge in [-0.2, -0.15) is 0 Å². The Kier molecular flexibility index (Phi) is 4.73. The average Bonchev–Trinajstić information content (AvgIpc) is 3.20. The predicted molar refractivity (Wildman–Crippen MR) is 98.1 cm³/mol. The molecule has 3 heteroatoms. The lowest BCUT2D eigenvalue weighted by molar-refractivity contribution is 0.101. The summed E-state index contributed by atoms with van der Waals surface area (Å²) in [5.74, 6) is 2.07. The van der Waals surface area contributed by atoms with Crippen molar-refractivity contribution >= 4 is 6.09 Å². The molecule has 0 radical (unpaired) electrons. The molecule has 1 saturated carbocycles. The molecule has 0 unspecified atom stereocenters. The zero-order valence-electron chi connectivity index (χ0n) is 14.5. The standard InChI is InChI=1S/C22H25NO2/c24-22(25-16-18-9-5-2-6-10-18)23-14-20-12-19(13-21(20)15-23)11-17-7-3-1-4-8-17/h1-10,19-21H,11-16H2/t19-,20-,21+. The summed E-state index contributed by atoms with van der Waals surface area (Å²) in [4.78, 5) is 14.2. The summed E-state index contributed by atoms with van der Waals surface area (Å²) in [7, 11) is 0. The zero-order chi connectivity index (χ0) is 17.1. The van der Waals surface area contributed by atoms with Crippen molar-refractivity contribution in [3.63, 3.8) is 0 Å². The Morgan fingerprint density at radius 2 is 1.44 bits per heavy atom. The molecular formula is C22H25NO2. The van der Waals surface area contributed by atoms with E-state index >= 15 is 0 Å². The lowest BCUT2D eigenvalue weighted by atomic mass is 9.96. The first-order valence-corrected chi connectivity index (χ1v) is 9.27. The molecule has 0 N–H and O–H groups in total. The van der Waals surface area contributed by atoms with Crippen LogP contribution in [0.5, 0.6) is 0 Å². The third-order valence-electron chi connectivity index (χ3n) is 5.68. The minimum Gasteiger partial charge on any atom is -0.445 e. The van der Waals surface area contributed by atoms with Crippen molar-refractivity contribution < 1.29 is 9.53 Å². The van der Waals surface area contributed by atoms with E-state index in [1.165, 1.54) is 24.8 Å². The van der Waals surface area contributed by atoms with Crippen molar-refractivity contribution in [3.8, 4) is 0 Å². The van der Waals surface area contributed by atoms with Crippen LogP contribution in [0.1, 0.15) is 24.0 Å². The van der Waals surface area contributed by atoms with Crippen LogP contribution in [0.15, 0.2) is 60.7 Å². The fraction of sp³-hybridized carbons (Fsp3) is 0.409. The number of carbonyl (C=O) groups excluding carboxylic acids is 1. The summed E-state index contributed by atoms with van der Waals surface area (Å²) in [6.45, 7) is 2.09. The second-order valence-electron chi connectivity index (χ2n) is 7.49. The number of rotatable bonds is 4. The Bertz CT molecular complexity index is 686. The van der Waals surface area contributed by atoms with E-state index in [-0.39, 0.29) is 6.09 Å². The maximum Gasteiger partial charge on any atom is 0.410 e. The van der Waals surface area contributed by atoms with Gasteiger partial charge in [0.25, 0.3) is 0 Å². The minimum atomic E-state index is -0.155. The van der Waals surface area contributed by atoms with Crippen LogP contribution in [0.25, 0.3) is 0 Å². The van der Waals surface area contributed by atoms with E-state index in [1.807, 2.05) is 35.2 Å². The smallest absolute Gasteiger partial charge is 0.410 e. The third-order valence-corrected chi connectivity index (χ3v) is 5.68. The van der Waals surface area contributed by atoms with Crippen molar-refractivity contribution in [2.75, 3.05) is 13.1 Å². The molecule has 2 fully saturated rings. The molecule has 2 aromatic carbocycles. The first kappa shape index (κ1) is 16.2. The van der Waals surface area contributed by atoms with Gasteiger partial charge in [-0.15, -0.1) is 0 Å². The van der Waals surface area contributed by atoms with Gasteiger partial charge in [-0.05, 0) is 48.1 Å². The summed E-state index contributed by atoms with van der Waals surface area (Å²) >= 11 is 0. The van der Waals surface area contributed by atoms with E-state index in [2.05, 4.69) is 30.3 Å². The van der Waals surface area contributed by atoms with E-state index in [1.54, 1.807) is 0 Å². The van der Waals surface area contributed by atoms with Crippen molar-refractivity contribution in [2.45, 2.75) is 25.9 Å². The molecule has 0 bridgehead atoms. The van der Waals surface area contributed by atoms with Gasteiger partial charge in [-0.1, -0.05) is 60.7 Å². The fourth-order valence-corrected chi connectivity index (χ4v) is 4.50. The van der Waals surface area contributed by atoms with E-state index in [4.69, 9.17) is 4.74 Å². The molecular weight excluding hydrogens is 310 g/mol. The zero-order valence-corrected chi connectivity index (χ0v) is 14.5. The van der Waals surface area contributed by atoms with Crippen LogP contribution in [0.3, 0.4) is 0 Å². The van der Waals surface area contributed by atoms with E-state index in [0.29, 0.717) is 18.4 Å². The average molecular weight is 335 g/mol. The molecule has 0 spiro atoms. The van der Waals surface area contributed by atoms with Gasteiger partial charge in [0.15, 0.2) is 0 Å². The molecule has 2 aliphatic rings. The molecule has 130 valence electrons. The van der Waals surface area contributed by atoms with Gasteiger partial charge < -0.3 is 9.64 Å². The number of ether oxygens (including phenoxy) is 1. The molecule has 1 saturated heterocycles. The number of carbonyl (C=O) groups is 1. The van der Waals surface area contributed by atoms with E-state index in [0.717, 1.165) is 24.6 Å². The molecule has 3 atom stereocenters. The molecule has 1 heterocycles. The van der Waals surface area contributed by atoms with Gasteiger partial charge >= 0.3 is 6.09 Å². The first-order valence-electron chi connectivity index (χ1n) is 9.27. The van der Waals surface area contributed by atoms with E-state index < -0.39 is 0 Å². The van der Waals surface area contributed by atoms with Crippen LogP contribution < -0.4 is 0 Å². The normalized spacial score (nSPS) is 25.0. The lowest BCUT2D eigenvalue weighted by Crippen LogP contribution is -2.30. The van der Waals surface area contributed by atoms with Crippen molar-refractivity contribution in [3.05, 3.63) is 71.8 Å².